The van der Waals surface area contributed by atoms with Crippen LogP contribution in [0.15, 0.2) is 48.5 Å². The fraction of sp³-hybridized carbons (Fsp3) is 0.111. The summed E-state index contributed by atoms with van der Waals surface area (Å²) in [5, 5.41) is 9.96. The van der Waals surface area contributed by atoms with Gasteiger partial charge in [0.25, 0.3) is 0 Å². The molecule has 0 saturated heterocycles. The van der Waals surface area contributed by atoms with E-state index < -0.39 is 5.97 Å². The van der Waals surface area contributed by atoms with Crippen molar-refractivity contribution in [3.8, 4) is 0 Å². The van der Waals surface area contributed by atoms with E-state index in [1.54, 1.807) is 0 Å². The minimum Gasteiger partial charge on any atom is -0.481 e. The first-order chi connectivity index (χ1) is 10.6. The van der Waals surface area contributed by atoms with E-state index in [1.807, 2.05) is 61.5 Å². The highest BCUT2D eigenvalue weighted by atomic mass is 32.1. The molecule has 0 aliphatic carbocycles. The molecule has 1 aromatic heterocycles. The number of carboxylic acids is 1. The van der Waals surface area contributed by atoms with E-state index >= 15 is 0 Å². The van der Waals surface area contributed by atoms with E-state index in [-0.39, 0.29) is 6.42 Å². The van der Waals surface area contributed by atoms with Crippen LogP contribution in [-0.4, -0.2) is 16.1 Å². The lowest BCUT2D eigenvalue weighted by Crippen LogP contribution is -1.97. The van der Waals surface area contributed by atoms with Crippen LogP contribution in [-0.2, 0) is 4.79 Å². The van der Waals surface area contributed by atoms with Crippen LogP contribution < -0.4 is 0 Å². The number of fused-ring (bicyclic) bond motifs is 1. The number of aromatic nitrogens is 1. The monoisotopic (exact) mass is 309 g/mol. The largest absolute Gasteiger partial charge is 0.481 e. The van der Waals surface area contributed by atoms with Crippen molar-refractivity contribution in [3.05, 3.63) is 64.7 Å². The number of thiazole rings is 1. The van der Waals surface area contributed by atoms with Crippen molar-refractivity contribution in [2.75, 3.05) is 0 Å². The highest BCUT2D eigenvalue weighted by Crippen LogP contribution is 2.30. The van der Waals surface area contributed by atoms with Crippen LogP contribution in [0.5, 0.6) is 0 Å². The molecule has 3 nitrogen and oxygen atoms in total. The van der Waals surface area contributed by atoms with E-state index in [2.05, 4.69) is 4.98 Å². The molecule has 0 atom stereocenters. The Hall–Kier alpha value is -2.46. The van der Waals surface area contributed by atoms with Gasteiger partial charge in [-0.05, 0) is 36.3 Å². The molecule has 3 rings (SSSR count). The van der Waals surface area contributed by atoms with Gasteiger partial charge in [0.1, 0.15) is 5.01 Å². The topological polar surface area (TPSA) is 50.2 Å². The summed E-state index contributed by atoms with van der Waals surface area (Å²) >= 11 is 1.53. The average Bonchev–Trinajstić information content (AvgIpc) is 2.90. The minimum absolute atomic E-state index is 0.0340. The van der Waals surface area contributed by atoms with Crippen LogP contribution in [0.4, 0.5) is 0 Å². The van der Waals surface area contributed by atoms with Crippen LogP contribution in [0.3, 0.4) is 0 Å². The molecule has 0 aliphatic heterocycles. The normalized spacial score (nSPS) is 11.8. The third-order valence-corrected chi connectivity index (χ3v) is 4.41. The molecule has 1 N–H and O–H groups in total. The summed E-state index contributed by atoms with van der Waals surface area (Å²) in [6, 6.07) is 15.8. The van der Waals surface area contributed by atoms with Gasteiger partial charge in [0.15, 0.2) is 0 Å². The first-order valence-electron chi connectivity index (χ1n) is 6.97. The maximum atomic E-state index is 11.2. The Kier molecular flexibility index (Phi) is 4.02. The second-order valence-electron chi connectivity index (χ2n) is 5.14. The van der Waals surface area contributed by atoms with Crippen LogP contribution >= 0.6 is 11.3 Å². The lowest BCUT2D eigenvalue weighted by atomic mass is 10.1. The molecule has 3 aromatic rings. The second-order valence-corrected chi connectivity index (χ2v) is 6.17. The van der Waals surface area contributed by atoms with Gasteiger partial charge in [-0.1, -0.05) is 42.0 Å². The van der Waals surface area contributed by atoms with Gasteiger partial charge >= 0.3 is 5.97 Å². The number of carbonyl (C=O) groups is 1. The molecule has 0 amide bonds. The Balaban J connectivity index is 2.07. The highest BCUT2D eigenvalue weighted by Gasteiger charge is 2.12. The van der Waals surface area contributed by atoms with Crippen molar-refractivity contribution < 1.29 is 9.90 Å². The standard InChI is InChI=1S/C18H15NO2S/c1-12-5-4-6-13(9-12)10-14(11-17(20)21)18-19-15-7-2-3-8-16(15)22-18/h2-10H,11H2,1H3,(H,20,21)/b14-10+. The quantitative estimate of drug-likeness (QED) is 0.765. The molecule has 4 heteroatoms. The molecule has 0 bridgehead atoms. The molecule has 0 saturated carbocycles. The molecule has 0 spiro atoms. The molecule has 0 fully saturated rings. The lowest BCUT2D eigenvalue weighted by molar-refractivity contribution is -0.135. The van der Waals surface area contributed by atoms with E-state index in [1.165, 1.54) is 11.3 Å². The van der Waals surface area contributed by atoms with Gasteiger partial charge in [0, 0.05) is 0 Å². The summed E-state index contributed by atoms with van der Waals surface area (Å²) < 4.78 is 1.07. The SMILES string of the molecule is Cc1cccc(/C=C(\CC(=O)O)c2nc3ccccc3s2)c1. The number of para-hydroxylation sites is 1. The Morgan fingerprint density at radius 3 is 2.77 bits per heavy atom. The molecular formula is C18H15NO2S. The van der Waals surface area contributed by atoms with Crippen LogP contribution in [0, 0.1) is 6.92 Å². The van der Waals surface area contributed by atoms with Gasteiger partial charge in [-0.3, -0.25) is 4.79 Å². The summed E-state index contributed by atoms with van der Waals surface area (Å²) in [6.45, 7) is 2.02. The van der Waals surface area contributed by atoms with Crippen molar-refractivity contribution in [2.24, 2.45) is 0 Å². The summed E-state index contributed by atoms with van der Waals surface area (Å²) in [4.78, 5) is 15.8. The lowest BCUT2D eigenvalue weighted by Gasteiger charge is -2.02. The first-order valence-corrected chi connectivity index (χ1v) is 7.78. The number of nitrogens with zero attached hydrogens (tertiary/aromatic N) is 1. The van der Waals surface area contributed by atoms with Gasteiger partial charge < -0.3 is 5.11 Å². The maximum absolute atomic E-state index is 11.2. The van der Waals surface area contributed by atoms with Crippen molar-refractivity contribution in [3.63, 3.8) is 0 Å². The number of carboxylic acid groups (broad SMARTS) is 1. The highest BCUT2D eigenvalue weighted by molar-refractivity contribution is 7.19. The third kappa shape index (κ3) is 3.23. The van der Waals surface area contributed by atoms with Crippen LogP contribution in [0.2, 0.25) is 0 Å². The van der Waals surface area contributed by atoms with Gasteiger partial charge in [-0.15, -0.1) is 11.3 Å². The zero-order chi connectivity index (χ0) is 15.5. The fourth-order valence-corrected chi connectivity index (χ4v) is 3.30. The number of hydrogen-bond donors (Lipinski definition) is 1. The van der Waals surface area contributed by atoms with Crippen LogP contribution in [0.1, 0.15) is 22.6 Å². The molecule has 22 heavy (non-hydrogen) atoms. The number of benzene rings is 2. The van der Waals surface area contributed by atoms with E-state index in [4.69, 9.17) is 0 Å². The van der Waals surface area contributed by atoms with Crippen LogP contribution in [0.25, 0.3) is 21.9 Å². The van der Waals surface area contributed by atoms with Crippen molar-refractivity contribution in [2.45, 2.75) is 13.3 Å². The number of rotatable bonds is 4. The molecule has 0 radical (unpaired) electrons. The van der Waals surface area contributed by atoms with E-state index in [0.29, 0.717) is 0 Å². The van der Waals surface area contributed by atoms with E-state index in [0.717, 1.165) is 31.9 Å². The molecular weight excluding hydrogens is 294 g/mol. The fourth-order valence-electron chi connectivity index (χ4n) is 2.32. The summed E-state index contributed by atoms with van der Waals surface area (Å²) in [5.74, 6) is -0.849. The zero-order valence-corrected chi connectivity index (χ0v) is 12.9. The molecule has 2 aromatic carbocycles. The average molecular weight is 309 g/mol. The van der Waals surface area contributed by atoms with Gasteiger partial charge in [0.2, 0.25) is 0 Å². The number of hydrogen-bond acceptors (Lipinski definition) is 3. The minimum atomic E-state index is -0.849. The molecule has 110 valence electrons. The summed E-state index contributed by atoms with van der Waals surface area (Å²) in [6.07, 6.45) is 1.88. The Morgan fingerprint density at radius 2 is 2.05 bits per heavy atom. The third-order valence-electron chi connectivity index (χ3n) is 3.29. The summed E-state index contributed by atoms with van der Waals surface area (Å²) in [7, 11) is 0. The zero-order valence-electron chi connectivity index (χ0n) is 12.1. The Bertz CT molecular complexity index is 831. The van der Waals surface area contributed by atoms with Gasteiger partial charge in [0.05, 0.1) is 16.6 Å². The molecule has 1 heterocycles. The molecule has 0 aliphatic rings. The summed E-state index contributed by atoms with van der Waals surface area (Å²) in [5.41, 5.74) is 3.78. The smallest absolute Gasteiger partial charge is 0.307 e. The maximum Gasteiger partial charge on any atom is 0.307 e. The van der Waals surface area contributed by atoms with Gasteiger partial charge in [-0.2, -0.15) is 0 Å². The second kappa shape index (κ2) is 6.12. The van der Waals surface area contributed by atoms with Crippen molar-refractivity contribution in [1.29, 1.82) is 0 Å². The van der Waals surface area contributed by atoms with E-state index in [9.17, 15) is 9.90 Å². The Morgan fingerprint density at radius 1 is 1.23 bits per heavy atom. The Labute approximate surface area is 132 Å². The predicted octanol–water partition coefficient (Wildman–Crippen LogP) is 4.62. The number of aliphatic carboxylic acids is 1. The first kappa shape index (κ1) is 14.5. The van der Waals surface area contributed by atoms with Crippen molar-refractivity contribution in [1.82, 2.24) is 4.98 Å². The van der Waals surface area contributed by atoms with Gasteiger partial charge in [-0.25, -0.2) is 4.98 Å². The van der Waals surface area contributed by atoms with Crippen molar-refractivity contribution >= 4 is 39.2 Å². The predicted molar refractivity (Wildman–Crippen MR) is 90.9 cm³/mol. The molecule has 0 unspecified atom stereocenters. The number of aryl methyl sites for hydroxylation is 1.